The van der Waals surface area contributed by atoms with Gasteiger partial charge in [0.25, 0.3) is 0 Å². The van der Waals surface area contributed by atoms with Crippen LogP contribution in [0.1, 0.15) is 13.3 Å². The molecule has 6 nitrogen and oxygen atoms in total. The molecule has 0 bridgehead atoms. The van der Waals surface area contributed by atoms with Gasteiger partial charge in [-0.15, -0.1) is 0 Å². The van der Waals surface area contributed by atoms with E-state index in [9.17, 15) is 9.59 Å². The highest BCUT2D eigenvalue weighted by Gasteiger charge is 2.32. The number of nitrogens with zero attached hydrogens (tertiary/aromatic N) is 4. The van der Waals surface area contributed by atoms with Crippen molar-refractivity contribution < 1.29 is 9.59 Å². The molecule has 1 aliphatic rings. The zero-order valence-corrected chi connectivity index (χ0v) is 13.5. The topological polar surface area (TPSA) is 76.1 Å². The predicted octanol–water partition coefficient (Wildman–Crippen LogP) is 2.17. The third-order valence-electron chi connectivity index (χ3n) is 3.59. The quantitative estimate of drug-likeness (QED) is 0.856. The summed E-state index contributed by atoms with van der Waals surface area (Å²) >= 11 is 1.26. The van der Waals surface area contributed by atoms with E-state index in [4.69, 9.17) is 0 Å². The zero-order chi connectivity index (χ0) is 16.2. The summed E-state index contributed by atoms with van der Waals surface area (Å²) in [7, 11) is 0. The fourth-order valence-corrected chi connectivity index (χ4v) is 3.18. The van der Waals surface area contributed by atoms with Gasteiger partial charge in [0.2, 0.25) is 11.9 Å². The number of thioether (sulfide) groups is 1. The van der Waals surface area contributed by atoms with Crippen LogP contribution < -0.4 is 4.90 Å². The lowest BCUT2D eigenvalue weighted by Gasteiger charge is -2.15. The Kier molecular flexibility index (Phi) is 4.66. The van der Waals surface area contributed by atoms with Crippen LogP contribution in [0.5, 0.6) is 0 Å². The molecule has 0 aliphatic carbocycles. The second-order valence-electron chi connectivity index (χ2n) is 5.35. The van der Waals surface area contributed by atoms with Gasteiger partial charge in [0.15, 0.2) is 5.12 Å². The summed E-state index contributed by atoms with van der Waals surface area (Å²) in [5, 5.41) is 0.0758. The van der Waals surface area contributed by atoms with E-state index >= 15 is 0 Å². The first-order valence-corrected chi connectivity index (χ1v) is 8.29. The Morgan fingerprint density at radius 1 is 1.30 bits per heavy atom. The highest BCUT2D eigenvalue weighted by atomic mass is 32.2. The molecule has 1 aliphatic heterocycles. The summed E-state index contributed by atoms with van der Waals surface area (Å²) in [4.78, 5) is 37.6. The molecule has 0 N–H and O–H groups in total. The van der Waals surface area contributed by atoms with Gasteiger partial charge in [-0.25, -0.2) is 9.97 Å². The number of amides is 1. The highest BCUT2D eigenvalue weighted by molar-refractivity contribution is 8.13. The Balaban J connectivity index is 1.77. The van der Waals surface area contributed by atoms with Crippen molar-refractivity contribution in [3.63, 3.8) is 0 Å². The molecule has 1 amide bonds. The smallest absolute Gasteiger partial charge is 0.232 e. The van der Waals surface area contributed by atoms with Crippen molar-refractivity contribution in [2.24, 2.45) is 5.92 Å². The van der Waals surface area contributed by atoms with E-state index in [0.29, 0.717) is 24.7 Å². The maximum atomic E-state index is 12.2. The van der Waals surface area contributed by atoms with Crippen LogP contribution >= 0.6 is 11.8 Å². The standard InChI is InChI=1S/C16H16N4O2S/c1-11(21)23-10-12-8-15(22)20(9-12)16-18-7-4-14(19-16)13-2-5-17-6-3-13/h2-7,12H,8-10H2,1H3. The minimum atomic E-state index is 0.00558. The minimum absolute atomic E-state index is 0.00558. The molecular formula is C16H16N4O2S. The molecule has 0 saturated carbocycles. The van der Waals surface area contributed by atoms with Crippen LogP contribution in [0.25, 0.3) is 11.3 Å². The van der Waals surface area contributed by atoms with Crippen molar-refractivity contribution >= 4 is 28.7 Å². The monoisotopic (exact) mass is 328 g/mol. The molecule has 0 spiro atoms. The summed E-state index contributed by atoms with van der Waals surface area (Å²) < 4.78 is 0. The van der Waals surface area contributed by atoms with Gasteiger partial charge in [0.1, 0.15) is 0 Å². The first-order chi connectivity index (χ1) is 11.1. The lowest BCUT2D eigenvalue weighted by molar-refractivity contribution is -0.117. The third kappa shape index (κ3) is 3.73. The fraction of sp³-hybridized carbons (Fsp3) is 0.312. The number of aromatic nitrogens is 3. The third-order valence-corrected chi connectivity index (χ3v) is 4.63. The molecule has 118 valence electrons. The molecule has 2 aromatic rings. The van der Waals surface area contributed by atoms with Crippen LogP contribution in [0.3, 0.4) is 0 Å². The van der Waals surface area contributed by atoms with Crippen molar-refractivity contribution in [3.05, 3.63) is 36.8 Å². The van der Waals surface area contributed by atoms with E-state index in [1.807, 2.05) is 18.2 Å². The Morgan fingerprint density at radius 2 is 2.09 bits per heavy atom. The molecule has 1 atom stereocenters. The summed E-state index contributed by atoms with van der Waals surface area (Å²) in [6, 6.07) is 5.54. The second kappa shape index (κ2) is 6.87. The Hall–Kier alpha value is -2.28. The average molecular weight is 328 g/mol. The highest BCUT2D eigenvalue weighted by Crippen LogP contribution is 2.26. The summed E-state index contributed by atoms with van der Waals surface area (Å²) in [5.41, 5.74) is 1.69. The lowest BCUT2D eigenvalue weighted by Crippen LogP contribution is -2.26. The van der Waals surface area contributed by atoms with Crippen molar-refractivity contribution in [1.29, 1.82) is 0 Å². The minimum Gasteiger partial charge on any atom is -0.288 e. The van der Waals surface area contributed by atoms with Gasteiger partial charge in [0, 0.05) is 49.8 Å². The van der Waals surface area contributed by atoms with E-state index < -0.39 is 0 Å². The van der Waals surface area contributed by atoms with E-state index in [2.05, 4.69) is 15.0 Å². The van der Waals surface area contributed by atoms with Crippen LogP contribution in [-0.4, -0.2) is 38.3 Å². The molecule has 3 heterocycles. The van der Waals surface area contributed by atoms with Gasteiger partial charge in [0.05, 0.1) is 5.69 Å². The van der Waals surface area contributed by atoms with Crippen LogP contribution in [0.15, 0.2) is 36.8 Å². The fourth-order valence-electron chi connectivity index (χ4n) is 2.48. The number of hydrogen-bond acceptors (Lipinski definition) is 6. The molecule has 7 heteroatoms. The van der Waals surface area contributed by atoms with Crippen LogP contribution in [0, 0.1) is 5.92 Å². The van der Waals surface area contributed by atoms with Gasteiger partial charge >= 0.3 is 0 Å². The molecule has 1 saturated heterocycles. The Bertz CT molecular complexity index is 723. The maximum absolute atomic E-state index is 12.2. The number of rotatable bonds is 4. The molecule has 3 rings (SSSR count). The first kappa shape index (κ1) is 15.6. The maximum Gasteiger partial charge on any atom is 0.232 e. The van der Waals surface area contributed by atoms with Gasteiger partial charge in [-0.1, -0.05) is 11.8 Å². The molecule has 23 heavy (non-hydrogen) atoms. The summed E-state index contributed by atoms with van der Waals surface area (Å²) in [5.74, 6) is 1.23. The lowest BCUT2D eigenvalue weighted by atomic mass is 10.1. The van der Waals surface area contributed by atoms with Gasteiger partial charge in [-0.3, -0.25) is 19.5 Å². The Morgan fingerprint density at radius 3 is 2.83 bits per heavy atom. The van der Waals surface area contributed by atoms with Gasteiger partial charge in [-0.2, -0.15) is 0 Å². The number of hydrogen-bond donors (Lipinski definition) is 0. The summed E-state index contributed by atoms with van der Waals surface area (Å²) in [6.45, 7) is 2.10. The van der Waals surface area contributed by atoms with E-state index in [0.717, 1.165) is 11.3 Å². The largest absolute Gasteiger partial charge is 0.288 e. The average Bonchev–Trinajstić information content (AvgIpc) is 2.95. The number of anilines is 1. The van der Waals surface area contributed by atoms with Crippen molar-refractivity contribution in [2.75, 3.05) is 17.2 Å². The van der Waals surface area contributed by atoms with Crippen molar-refractivity contribution in [1.82, 2.24) is 15.0 Å². The van der Waals surface area contributed by atoms with E-state index in [-0.39, 0.29) is 16.9 Å². The zero-order valence-electron chi connectivity index (χ0n) is 12.7. The summed E-state index contributed by atoms with van der Waals surface area (Å²) in [6.07, 6.45) is 5.49. The van der Waals surface area contributed by atoms with Crippen LogP contribution in [0.4, 0.5) is 5.95 Å². The second-order valence-corrected chi connectivity index (χ2v) is 6.55. The van der Waals surface area contributed by atoms with Gasteiger partial charge < -0.3 is 0 Å². The molecule has 0 aromatic carbocycles. The molecular weight excluding hydrogens is 312 g/mol. The predicted molar refractivity (Wildman–Crippen MR) is 88.9 cm³/mol. The van der Waals surface area contributed by atoms with Crippen molar-refractivity contribution in [3.8, 4) is 11.3 Å². The van der Waals surface area contributed by atoms with Crippen LogP contribution in [0.2, 0.25) is 0 Å². The Labute approximate surface area is 138 Å². The molecule has 1 unspecified atom stereocenters. The SMILES string of the molecule is CC(=O)SCC1CC(=O)N(c2nccc(-c3ccncc3)n2)C1. The van der Waals surface area contributed by atoms with Crippen molar-refractivity contribution in [2.45, 2.75) is 13.3 Å². The van der Waals surface area contributed by atoms with E-state index in [1.165, 1.54) is 11.8 Å². The molecule has 1 fully saturated rings. The number of carbonyl (C=O) groups is 2. The molecule has 2 aromatic heterocycles. The first-order valence-electron chi connectivity index (χ1n) is 7.30. The normalized spacial score (nSPS) is 17.5. The number of pyridine rings is 1. The van der Waals surface area contributed by atoms with Gasteiger partial charge in [-0.05, 0) is 24.1 Å². The number of carbonyl (C=O) groups excluding carboxylic acids is 2. The van der Waals surface area contributed by atoms with E-state index in [1.54, 1.807) is 30.4 Å². The van der Waals surface area contributed by atoms with Crippen LogP contribution in [-0.2, 0) is 9.59 Å². The molecule has 0 radical (unpaired) electrons.